The minimum atomic E-state index is 0.655. The lowest BCUT2D eigenvalue weighted by Crippen LogP contribution is -1.95. The zero-order chi connectivity index (χ0) is 15.1. The summed E-state index contributed by atoms with van der Waals surface area (Å²) in [5, 5.41) is 0.655. The molecule has 0 atom stereocenters. The van der Waals surface area contributed by atoms with E-state index in [9.17, 15) is 0 Å². The number of hydrogen-bond donors (Lipinski definition) is 0. The van der Waals surface area contributed by atoms with Crippen LogP contribution in [0, 0.1) is 6.92 Å². The van der Waals surface area contributed by atoms with Crippen molar-refractivity contribution in [2.24, 2.45) is 0 Å². The van der Waals surface area contributed by atoms with Crippen LogP contribution in [0.5, 0.6) is 11.5 Å². The molecule has 0 amide bonds. The summed E-state index contributed by atoms with van der Waals surface area (Å²) in [6, 6.07) is 11.7. The highest BCUT2D eigenvalue weighted by molar-refractivity contribution is 6.33. The van der Waals surface area contributed by atoms with Gasteiger partial charge in [-0.15, -0.1) is 0 Å². The smallest absolute Gasteiger partial charge is 0.170 e. The van der Waals surface area contributed by atoms with Crippen molar-refractivity contribution in [3.05, 3.63) is 47.0 Å². The van der Waals surface area contributed by atoms with Crippen LogP contribution in [0.3, 0.4) is 0 Å². The third-order valence-electron chi connectivity index (χ3n) is 2.91. The molecule has 108 valence electrons. The van der Waals surface area contributed by atoms with E-state index >= 15 is 0 Å². The highest BCUT2D eigenvalue weighted by atomic mass is 35.5. The van der Waals surface area contributed by atoms with Gasteiger partial charge in [-0.2, -0.15) is 0 Å². The lowest BCUT2D eigenvalue weighted by molar-refractivity contribution is 0.356. The third-order valence-corrected chi connectivity index (χ3v) is 3.22. The number of benzene rings is 2. The molecular formula is C17H21ClO2. The van der Waals surface area contributed by atoms with E-state index in [1.165, 1.54) is 0 Å². The van der Waals surface area contributed by atoms with E-state index < -0.39 is 0 Å². The molecule has 2 rings (SSSR count). The Balaban J connectivity index is 0.000000956. The molecule has 2 aromatic carbocycles. The van der Waals surface area contributed by atoms with Crippen molar-refractivity contribution in [2.75, 3.05) is 14.2 Å². The summed E-state index contributed by atoms with van der Waals surface area (Å²) in [5.74, 6) is 1.35. The van der Waals surface area contributed by atoms with Crippen LogP contribution in [0.1, 0.15) is 19.4 Å². The minimum Gasteiger partial charge on any atom is -0.493 e. The molecule has 0 aliphatic rings. The summed E-state index contributed by atoms with van der Waals surface area (Å²) in [4.78, 5) is 0. The van der Waals surface area contributed by atoms with Crippen molar-refractivity contribution in [1.29, 1.82) is 0 Å². The Morgan fingerprint density at radius 3 is 2.10 bits per heavy atom. The number of hydrogen-bond acceptors (Lipinski definition) is 2. The monoisotopic (exact) mass is 292 g/mol. The Morgan fingerprint density at radius 2 is 1.55 bits per heavy atom. The Labute approximate surface area is 126 Å². The van der Waals surface area contributed by atoms with Crippen LogP contribution in [0.25, 0.3) is 11.1 Å². The van der Waals surface area contributed by atoms with E-state index in [2.05, 4.69) is 0 Å². The van der Waals surface area contributed by atoms with Crippen molar-refractivity contribution in [1.82, 2.24) is 0 Å². The van der Waals surface area contributed by atoms with Crippen molar-refractivity contribution in [3.8, 4) is 22.6 Å². The minimum absolute atomic E-state index is 0.655. The SMILES string of the molecule is CC.COc1ccc(Cl)c(-c2ccccc2C)c1OC. The molecule has 0 saturated heterocycles. The Morgan fingerprint density at radius 1 is 0.900 bits per heavy atom. The average molecular weight is 293 g/mol. The highest BCUT2D eigenvalue weighted by Crippen LogP contribution is 2.43. The van der Waals surface area contributed by atoms with Gasteiger partial charge >= 0.3 is 0 Å². The van der Waals surface area contributed by atoms with Gasteiger partial charge in [-0.05, 0) is 30.2 Å². The van der Waals surface area contributed by atoms with E-state index in [1.807, 2.05) is 57.2 Å². The second-order valence-corrected chi connectivity index (χ2v) is 4.38. The Bertz CT molecular complexity index is 565. The number of ether oxygens (including phenoxy) is 2. The fourth-order valence-electron chi connectivity index (χ4n) is 2.01. The maximum absolute atomic E-state index is 6.31. The van der Waals surface area contributed by atoms with Crippen LogP contribution >= 0.6 is 11.6 Å². The molecule has 0 aliphatic carbocycles. The van der Waals surface area contributed by atoms with Gasteiger partial charge in [-0.25, -0.2) is 0 Å². The van der Waals surface area contributed by atoms with Crippen molar-refractivity contribution < 1.29 is 9.47 Å². The largest absolute Gasteiger partial charge is 0.493 e. The van der Waals surface area contributed by atoms with E-state index in [0.717, 1.165) is 16.7 Å². The maximum atomic E-state index is 6.31. The number of aryl methyl sites for hydroxylation is 1. The summed E-state index contributed by atoms with van der Waals surface area (Å²) in [5.41, 5.74) is 3.07. The normalized spacial score (nSPS) is 9.50. The van der Waals surface area contributed by atoms with Gasteiger partial charge in [0.1, 0.15) is 0 Å². The van der Waals surface area contributed by atoms with Gasteiger partial charge in [-0.1, -0.05) is 49.7 Å². The third kappa shape index (κ3) is 3.26. The number of halogens is 1. The van der Waals surface area contributed by atoms with Gasteiger partial charge in [0.15, 0.2) is 11.5 Å². The van der Waals surface area contributed by atoms with Gasteiger partial charge in [0.2, 0.25) is 0 Å². The molecule has 0 spiro atoms. The van der Waals surface area contributed by atoms with Crippen molar-refractivity contribution >= 4 is 11.6 Å². The van der Waals surface area contributed by atoms with Crippen LogP contribution in [0.15, 0.2) is 36.4 Å². The van der Waals surface area contributed by atoms with Crippen LogP contribution in [-0.2, 0) is 0 Å². The van der Waals surface area contributed by atoms with Crippen LogP contribution in [0.4, 0.5) is 0 Å². The second kappa shape index (κ2) is 7.81. The molecule has 0 saturated carbocycles. The van der Waals surface area contributed by atoms with E-state index in [0.29, 0.717) is 16.5 Å². The van der Waals surface area contributed by atoms with Crippen molar-refractivity contribution in [3.63, 3.8) is 0 Å². The lowest BCUT2D eigenvalue weighted by atomic mass is 9.99. The fourth-order valence-corrected chi connectivity index (χ4v) is 2.26. The first-order valence-electron chi connectivity index (χ1n) is 6.65. The van der Waals surface area contributed by atoms with Gasteiger partial charge in [0.25, 0.3) is 0 Å². The van der Waals surface area contributed by atoms with Gasteiger partial charge < -0.3 is 9.47 Å². The molecule has 20 heavy (non-hydrogen) atoms. The molecule has 2 aromatic rings. The molecular weight excluding hydrogens is 272 g/mol. The Hall–Kier alpha value is -1.67. The van der Waals surface area contributed by atoms with E-state index in [1.54, 1.807) is 14.2 Å². The molecule has 0 aromatic heterocycles. The maximum Gasteiger partial charge on any atom is 0.170 e. The van der Waals surface area contributed by atoms with Gasteiger partial charge in [-0.3, -0.25) is 0 Å². The van der Waals surface area contributed by atoms with Crippen molar-refractivity contribution in [2.45, 2.75) is 20.8 Å². The summed E-state index contributed by atoms with van der Waals surface area (Å²) < 4.78 is 10.8. The molecule has 0 radical (unpaired) electrons. The lowest BCUT2D eigenvalue weighted by Gasteiger charge is -2.15. The van der Waals surface area contributed by atoms with Gasteiger partial charge in [0, 0.05) is 5.56 Å². The topological polar surface area (TPSA) is 18.5 Å². The quantitative estimate of drug-likeness (QED) is 0.758. The summed E-state index contributed by atoms with van der Waals surface area (Å²) in [7, 11) is 3.24. The van der Waals surface area contributed by atoms with Gasteiger partial charge in [0.05, 0.1) is 19.2 Å². The fraction of sp³-hybridized carbons (Fsp3) is 0.294. The van der Waals surface area contributed by atoms with Crippen LogP contribution < -0.4 is 9.47 Å². The zero-order valence-electron chi connectivity index (χ0n) is 12.7. The molecule has 0 bridgehead atoms. The standard InChI is InChI=1S/C15H15ClO2.C2H6/c1-10-6-4-5-7-11(10)14-12(16)8-9-13(17-2)15(14)18-3;1-2/h4-9H,1-3H3;1-2H3. The average Bonchev–Trinajstić information content (AvgIpc) is 2.50. The first-order valence-corrected chi connectivity index (χ1v) is 7.03. The molecule has 0 aliphatic heterocycles. The summed E-state index contributed by atoms with van der Waals surface area (Å²) >= 11 is 6.31. The van der Waals surface area contributed by atoms with Crippen LogP contribution in [-0.4, -0.2) is 14.2 Å². The predicted molar refractivity (Wildman–Crippen MR) is 86.1 cm³/mol. The molecule has 2 nitrogen and oxygen atoms in total. The molecule has 3 heteroatoms. The number of methoxy groups -OCH3 is 2. The summed E-state index contributed by atoms with van der Waals surface area (Å²) in [6.07, 6.45) is 0. The second-order valence-electron chi connectivity index (χ2n) is 3.97. The molecule has 0 heterocycles. The number of rotatable bonds is 3. The predicted octanol–water partition coefficient (Wildman–Crippen LogP) is 5.36. The molecule has 0 unspecified atom stereocenters. The first kappa shape index (κ1) is 16.4. The Kier molecular flexibility index (Phi) is 6.40. The molecule has 0 N–H and O–H groups in total. The first-order chi connectivity index (χ1) is 9.69. The van der Waals surface area contributed by atoms with E-state index in [4.69, 9.17) is 21.1 Å². The van der Waals surface area contributed by atoms with Crippen LogP contribution in [0.2, 0.25) is 5.02 Å². The van der Waals surface area contributed by atoms with E-state index in [-0.39, 0.29) is 0 Å². The molecule has 0 fully saturated rings. The highest BCUT2D eigenvalue weighted by Gasteiger charge is 2.16. The summed E-state index contributed by atoms with van der Waals surface area (Å²) in [6.45, 7) is 6.05. The zero-order valence-corrected chi connectivity index (χ0v) is 13.4.